The Morgan fingerprint density at radius 1 is 1.17 bits per heavy atom. The molecule has 0 radical (unpaired) electrons. The Morgan fingerprint density at radius 2 is 1.87 bits per heavy atom. The lowest BCUT2D eigenvalue weighted by Gasteiger charge is -2.28. The number of fused-ring (bicyclic) bond motifs is 1. The molecule has 1 atom stereocenters. The van der Waals surface area contributed by atoms with E-state index in [0.29, 0.717) is 22.4 Å². The van der Waals surface area contributed by atoms with Gasteiger partial charge in [-0.3, -0.25) is 4.79 Å². The maximum absolute atomic E-state index is 12.3. The van der Waals surface area contributed by atoms with Crippen LogP contribution in [0.3, 0.4) is 0 Å². The molecule has 4 rings (SSSR count). The summed E-state index contributed by atoms with van der Waals surface area (Å²) in [5, 5.41) is 8.54. The fourth-order valence-corrected chi connectivity index (χ4v) is 4.28. The zero-order valence-corrected chi connectivity index (χ0v) is 18.0. The molecule has 0 fully saturated rings. The third-order valence-electron chi connectivity index (χ3n) is 5.03. The van der Waals surface area contributed by atoms with Crippen LogP contribution in [0.1, 0.15) is 24.1 Å². The minimum absolute atomic E-state index is 0.423. The highest BCUT2D eigenvalue weighted by molar-refractivity contribution is 7.98. The van der Waals surface area contributed by atoms with Gasteiger partial charge in [-0.25, -0.2) is 4.68 Å². The fourth-order valence-electron chi connectivity index (χ4n) is 3.50. The summed E-state index contributed by atoms with van der Waals surface area (Å²) in [7, 11) is 3.98. The van der Waals surface area contributed by atoms with Crippen LogP contribution in [-0.2, 0) is 10.5 Å². The maximum atomic E-state index is 12.3. The molecule has 2 heterocycles. The zero-order valence-electron chi connectivity index (χ0n) is 17.2. The number of thioether (sulfide) groups is 1. The number of carbonyl (C=O) groups is 1. The predicted octanol–water partition coefficient (Wildman–Crippen LogP) is 3.41. The maximum Gasteiger partial charge on any atom is 0.248 e. The second-order valence-electron chi connectivity index (χ2n) is 7.35. The number of nitrogens with one attached hydrogen (secondary N) is 1. The van der Waals surface area contributed by atoms with Crippen LogP contribution in [0.2, 0.25) is 0 Å². The van der Waals surface area contributed by atoms with Crippen molar-refractivity contribution in [2.24, 2.45) is 5.73 Å². The first-order valence-electron chi connectivity index (χ1n) is 9.62. The molecule has 1 aliphatic rings. The van der Waals surface area contributed by atoms with Crippen molar-refractivity contribution in [2.75, 3.05) is 24.3 Å². The number of hydrogen-bond acceptors (Lipinski definition) is 6. The van der Waals surface area contributed by atoms with Crippen molar-refractivity contribution < 1.29 is 4.79 Å². The monoisotopic (exact) mass is 420 g/mol. The van der Waals surface area contributed by atoms with Crippen molar-refractivity contribution in [3.8, 4) is 0 Å². The standard InChI is InChI=1S/C22H24N6OS/c1-14-18(20(23)29)19(16-9-11-17(12-10-16)27(2)3)28-21(24-14)25-22(26-28)30-13-15-7-5-4-6-8-15/h4-12,19H,13H2,1-3H3,(H2,23,29)(H,24,25,26). The average Bonchev–Trinajstić information content (AvgIpc) is 3.14. The van der Waals surface area contributed by atoms with Crippen molar-refractivity contribution in [3.05, 3.63) is 77.0 Å². The third-order valence-corrected chi connectivity index (χ3v) is 5.94. The van der Waals surface area contributed by atoms with Gasteiger partial charge in [0.05, 0.1) is 5.57 Å². The van der Waals surface area contributed by atoms with Gasteiger partial charge >= 0.3 is 0 Å². The van der Waals surface area contributed by atoms with Crippen molar-refractivity contribution in [1.82, 2.24) is 14.8 Å². The zero-order chi connectivity index (χ0) is 21.3. The first-order valence-corrected chi connectivity index (χ1v) is 10.6. The number of allylic oxidation sites excluding steroid dienone is 1. The summed E-state index contributed by atoms with van der Waals surface area (Å²) >= 11 is 1.56. The Hall–Kier alpha value is -3.26. The average molecular weight is 421 g/mol. The van der Waals surface area contributed by atoms with Gasteiger partial charge in [0.1, 0.15) is 6.04 Å². The lowest BCUT2D eigenvalue weighted by Crippen LogP contribution is -2.31. The summed E-state index contributed by atoms with van der Waals surface area (Å²) < 4.78 is 1.76. The first kappa shape index (κ1) is 20.0. The molecule has 0 bridgehead atoms. The van der Waals surface area contributed by atoms with Crippen molar-refractivity contribution in [3.63, 3.8) is 0 Å². The molecule has 1 amide bonds. The number of amides is 1. The van der Waals surface area contributed by atoms with Crippen LogP contribution in [0.4, 0.5) is 11.6 Å². The number of primary amides is 1. The number of nitrogens with zero attached hydrogens (tertiary/aromatic N) is 4. The van der Waals surface area contributed by atoms with E-state index in [4.69, 9.17) is 10.8 Å². The molecule has 3 N–H and O–H groups in total. The highest BCUT2D eigenvalue weighted by atomic mass is 32.2. The number of rotatable bonds is 6. The van der Waals surface area contributed by atoms with Crippen LogP contribution < -0.4 is 16.0 Å². The smallest absolute Gasteiger partial charge is 0.248 e. The summed E-state index contributed by atoms with van der Waals surface area (Å²) in [6.07, 6.45) is 0. The largest absolute Gasteiger partial charge is 0.378 e. The molecule has 0 saturated heterocycles. The number of aromatic nitrogens is 3. The minimum Gasteiger partial charge on any atom is -0.378 e. The van der Waals surface area contributed by atoms with E-state index in [1.165, 1.54) is 5.56 Å². The first-order chi connectivity index (χ1) is 14.4. The Balaban J connectivity index is 1.69. The third kappa shape index (κ3) is 3.91. The molecule has 3 aromatic rings. The van der Waals surface area contributed by atoms with E-state index in [2.05, 4.69) is 22.4 Å². The molecule has 8 heteroatoms. The second-order valence-corrected chi connectivity index (χ2v) is 8.30. The molecule has 0 saturated carbocycles. The van der Waals surface area contributed by atoms with Crippen LogP contribution in [0, 0.1) is 0 Å². The summed E-state index contributed by atoms with van der Waals surface area (Å²) in [6.45, 7) is 1.84. The highest BCUT2D eigenvalue weighted by Gasteiger charge is 2.33. The Kier molecular flexibility index (Phi) is 5.50. The van der Waals surface area contributed by atoms with E-state index in [0.717, 1.165) is 17.0 Å². The van der Waals surface area contributed by atoms with Gasteiger partial charge in [-0.1, -0.05) is 54.2 Å². The second kappa shape index (κ2) is 8.23. The molecule has 1 aliphatic heterocycles. The van der Waals surface area contributed by atoms with Gasteiger partial charge in [0.15, 0.2) is 0 Å². The van der Waals surface area contributed by atoms with Gasteiger partial charge < -0.3 is 16.0 Å². The van der Waals surface area contributed by atoms with Crippen LogP contribution in [0.25, 0.3) is 0 Å². The number of benzene rings is 2. The fraction of sp³-hybridized carbons (Fsp3) is 0.227. The van der Waals surface area contributed by atoms with Crippen molar-refractivity contribution >= 4 is 29.3 Å². The van der Waals surface area contributed by atoms with Crippen LogP contribution >= 0.6 is 11.8 Å². The van der Waals surface area contributed by atoms with E-state index < -0.39 is 11.9 Å². The van der Waals surface area contributed by atoms with E-state index >= 15 is 0 Å². The molecule has 0 spiro atoms. The molecule has 154 valence electrons. The predicted molar refractivity (Wildman–Crippen MR) is 120 cm³/mol. The normalized spacial score (nSPS) is 15.5. The highest BCUT2D eigenvalue weighted by Crippen LogP contribution is 2.36. The topological polar surface area (TPSA) is 89.1 Å². The Bertz CT molecular complexity index is 1090. The molecule has 1 unspecified atom stereocenters. The Morgan fingerprint density at radius 3 is 2.50 bits per heavy atom. The lowest BCUT2D eigenvalue weighted by molar-refractivity contribution is -0.115. The molecular weight excluding hydrogens is 396 g/mol. The van der Waals surface area contributed by atoms with Crippen LogP contribution in [0.15, 0.2) is 71.0 Å². The Labute approximate surface area is 180 Å². The van der Waals surface area contributed by atoms with E-state index in [1.54, 1.807) is 16.4 Å². The van der Waals surface area contributed by atoms with Gasteiger partial charge in [0.2, 0.25) is 17.0 Å². The molecule has 30 heavy (non-hydrogen) atoms. The van der Waals surface area contributed by atoms with E-state index in [-0.39, 0.29) is 0 Å². The van der Waals surface area contributed by atoms with Gasteiger partial charge in [-0.15, -0.1) is 5.10 Å². The SMILES string of the molecule is CC1=C(C(N)=O)C(c2ccc(N(C)C)cc2)n2nc(SCc3ccccc3)nc2N1. The van der Waals surface area contributed by atoms with E-state index in [1.807, 2.05) is 68.4 Å². The molecule has 2 aromatic carbocycles. The summed E-state index contributed by atoms with van der Waals surface area (Å²) in [5.41, 5.74) is 10.1. The summed E-state index contributed by atoms with van der Waals surface area (Å²) in [5.74, 6) is 0.901. The van der Waals surface area contributed by atoms with Gasteiger partial charge in [-0.2, -0.15) is 4.98 Å². The number of carbonyl (C=O) groups excluding carboxylic acids is 1. The van der Waals surface area contributed by atoms with Crippen LogP contribution in [0.5, 0.6) is 0 Å². The number of nitrogens with two attached hydrogens (primary N) is 1. The number of hydrogen-bond donors (Lipinski definition) is 2. The number of anilines is 2. The molecule has 7 nitrogen and oxygen atoms in total. The van der Waals surface area contributed by atoms with Crippen molar-refractivity contribution in [1.29, 1.82) is 0 Å². The van der Waals surface area contributed by atoms with Gasteiger partial charge in [0, 0.05) is 31.2 Å². The van der Waals surface area contributed by atoms with Crippen molar-refractivity contribution in [2.45, 2.75) is 23.9 Å². The minimum atomic E-state index is -0.471. The lowest BCUT2D eigenvalue weighted by atomic mass is 9.95. The quantitative estimate of drug-likeness (QED) is 0.594. The molecule has 1 aromatic heterocycles. The van der Waals surface area contributed by atoms with Crippen LogP contribution in [-0.4, -0.2) is 34.8 Å². The molecular formula is C22H24N6OS. The summed E-state index contributed by atoms with van der Waals surface area (Å²) in [4.78, 5) is 19.0. The van der Waals surface area contributed by atoms with Gasteiger partial charge in [-0.05, 0) is 30.2 Å². The summed E-state index contributed by atoms with van der Waals surface area (Å²) in [6, 6.07) is 17.8. The van der Waals surface area contributed by atoms with Gasteiger partial charge in [0.25, 0.3) is 0 Å². The van der Waals surface area contributed by atoms with E-state index in [9.17, 15) is 4.79 Å². The molecule has 0 aliphatic carbocycles.